The summed E-state index contributed by atoms with van der Waals surface area (Å²) < 4.78 is 6.16. The van der Waals surface area contributed by atoms with Gasteiger partial charge in [-0.15, -0.1) is 0 Å². The molecule has 0 radical (unpaired) electrons. The number of para-hydroxylation sites is 1. The van der Waals surface area contributed by atoms with Gasteiger partial charge in [-0.1, -0.05) is 165 Å². The number of hydrogen-bond donors (Lipinski definition) is 0. The minimum atomic E-state index is -0.491. The van der Waals surface area contributed by atoms with Crippen molar-refractivity contribution in [2.45, 2.75) is 24.7 Å². The van der Waals surface area contributed by atoms with E-state index in [9.17, 15) is 0 Å². The summed E-state index contributed by atoms with van der Waals surface area (Å²) in [6.45, 7) is 2.35. The molecule has 1 heteroatoms. The first-order valence-electron chi connectivity index (χ1n) is 18.0. The molecule has 0 aliphatic heterocycles. The maximum Gasteiger partial charge on any atom is 0.135 e. The molecule has 8 aromatic carbocycles. The Morgan fingerprint density at radius 2 is 1.08 bits per heavy atom. The van der Waals surface area contributed by atoms with Gasteiger partial charge in [0.15, 0.2) is 0 Å². The Morgan fingerprint density at radius 1 is 0.471 bits per heavy atom. The molecule has 1 unspecified atom stereocenters. The highest BCUT2D eigenvalue weighted by Gasteiger charge is 2.47. The molecule has 1 nitrogen and oxygen atoms in total. The van der Waals surface area contributed by atoms with E-state index in [1.807, 2.05) is 6.07 Å². The van der Waals surface area contributed by atoms with Crippen LogP contribution in [0, 0.1) is 0 Å². The highest BCUT2D eigenvalue weighted by atomic mass is 16.3. The molecule has 242 valence electrons. The third-order valence-corrected chi connectivity index (χ3v) is 11.2. The zero-order valence-corrected chi connectivity index (χ0v) is 28.5. The topological polar surface area (TPSA) is 13.1 Å². The number of fused-ring (bicyclic) bond motifs is 8. The van der Waals surface area contributed by atoms with Gasteiger partial charge in [-0.25, -0.2) is 0 Å². The lowest BCUT2D eigenvalue weighted by Gasteiger charge is -2.34. The zero-order chi connectivity index (χ0) is 33.9. The highest BCUT2D eigenvalue weighted by Crippen LogP contribution is 2.59. The van der Waals surface area contributed by atoms with Crippen molar-refractivity contribution in [3.8, 4) is 22.3 Å². The zero-order valence-electron chi connectivity index (χ0n) is 28.5. The van der Waals surface area contributed by atoms with E-state index in [4.69, 9.17) is 4.42 Å². The Bertz CT molecular complexity index is 2680. The molecule has 1 heterocycles. The van der Waals surface area contributed by atoms with Gasteiger partial charge in [0, 0.05) is 10.8 Å². The van der Waals surface area contributed by atoms with Crippen LogP contribution in [-0.2, 0) is 11.8 Å². The van der Waals surface area contributed by atoms with Gasteiger partial charge in [-0.3, -0.25) is 0 Å². The fraction of sp³-hybridized carbons (Fsp3) is 0.0800. The Morgan fingerprint density at radius 3 is 1.80 bits per heavy atom. The molecule has 10 rings (SSSR count). The standard InChI is InChI=1S/C50H36O/c1-33(36-26-28-48-44(31-36)40-22-13-14-24-47(40)51-48)29-34-25-27-42-45(30-34)50(37-17-7-3-8-18-37,38-19-9-4-10-20-38)46-32-43(35-15-5-2-6-16-35)39-21-11-12-23-41(39)49(42)46/h2-28,30-33H,29H2,1H3. The molecule has 0 N–H and O–H groups in total. The molecule has 0 saturated heterocycles. The maximum absolute atomic E-state index is 6.16. The number of rotatable bonds is 6. The Hall–Kier alpha value is -6.18. The van der Waals surface area contributed by atoms with Crippen molar-refractivity contribution >= 4 is 32.7 Å². The van der Waals surface area contributed by atoms with Crippen LogP contribution in [-0.4, -0.2) is 0 Å². The van der Waals surface area contributed by atoms with E-state index in [1.165, 1.54) is 77.2 Å². The van der Waals surface area contributed by atoms with Gasteiger partial charge in [-0.2, -0.15) is 0 Å². The Kier molecular flexibility index (Phi) is 6.82. The first-order chi connectivity index (χ1) is 25.2. The fourth-order valence-corrected chi connectivity index (χ4v) is 8.90. The SMILES string of the molecule is CC(Cc1ccc2c(c1)C(c1ccccc1)(c1ccccc1)c1cc(-c3ccccc3)c3ccccc3c1-2)c1ccc2oc3ccccc3c2c1. The minimum Gasteiger partial charge on any atom is -0.456 e. The molecule has 9 aromatic rings. The summed E-state index contributed by atoms with van der Waals surface area (Å²) in [5.74, 6) is 0.318. The minimum absolute atomic E-state index is 0.318. The van der Waals surface area contributed by atoms with Gasteiger partial charge >= 0.3 is 0 Å². The molecule has 1 aliphatic rings. The fourth-order valence-electron chi connectivity index (χ4n) is 8.90. The van der Waals surface area contributed by atoms with Crippen LogP contribution in [0.25, 0.3) is 55.0 Å². The number of benzene rings is 8. The van der Waals surface area contributed by atoms with E-state index in [2.05, 4.69) is 183 Å². The molecule has 0 spiro atoms. The van der Waals surface area contributed by atoms with Crippen LogP contribution in [0.4, 0.5) is 0 Å². The number of hydrogen-bond acceptors (Lipinski definition) is 1. The van der Waals surface area contributed by atoms with Gasteiger partial charge in [0.1, 0.15) is 11.2 Å². The quantitative estimate of drug-likeness (QED) is 0.174. The van der Waals surface area contributed by atoms with E-state index in [1.54, 1.807) is 0 Å². The van der Waals surface area contributed by atoms with Crippen molar-refractivity contribution in [2.24, 2.45) is 0 Å². The summed E-state index contributed by atoms with van der Waals surface area (Å²) in [4.78, 5) is 0. The van der Waals surface area contributed by atoms with E-state index in [0.717, 1.165) is 17.6 Å². The number of furan rings is 1. The lowest BCUT2D eigenvalue weighted by molar-refractivity contribution is 0.668. The molecule has 1 atom stereocenters. The molecule has 0 bridgehead atoms. The largest absolute Gasteiger partial charge is 0.456 e. The van der Waals surface area contributed by atoms with Crippen molar-refractivity contribution in [2.75, 3.05) is 0 Å². The van der Waals surface area contributed by atoms with Gasteiger partial charge in [0.05, 0.1) is 5.41 Å². The maximum atomic E-state index is 6.16. The molecular formula is C50H36O. The molecule has 0 fully saturated rings. The van der Waals surface area contributed by atoms with Gasteiger partial charge in [-0.05, 0) is 103 Å². The van der Waals surface area contributed by atoms with E-state index in [-0.39, 0.29) is 0 Å². The molecule has 0 saturated carbocycles. The van der Waals surface area contributed by atoms with Crippen LogP contribution in [0.3, 0.4) is 0 Å². The summed E-state index contributed by atoms with van der Waals surface area (Å²) in [7, 11) is 0. The average Bonchev–Trinajstić information content (AvgIpc) is 3.72. The third kappa shape index (κ3) is 4.55. The summed E-state index contributed by atoms with van der Waals surface area (Å²) in [6, 6.07) is 67.1. The Balaban J connectivity index is 1.20. The molecule has 51 heavy (non-hydrogen) atoms. The smallest absolute Gasteiger partial charge is 0.135 e. The predicted octanol–water partition coefficient (Wildman–Crippen LogP) is 13.1. The molecule has 1 aromatic heterocycles. The van der Waals surface area contributed by atoms with Crippen LogP contribution in [0.5, 0.6) is 0 Å². The van der Waals surface area contributed by atoms with Gasteiger partial charge in [0.25, 0.3) is 0 Å². The van der Waals surface area contributed by atoms with Crippen LogP contribution >= 0.6 is 0 Å². The predicted molar refractivity (Wildman–Crippen MR) is 213 cm³/mol. The first kappa shape index (κ1) is 29.7. The lowest BCUT2D eigenvalue weighted by atomic mass is 9.67. The normalized spacial score (nSPS) is 13.7. The second kappa shape index (κ2) is 11.7. The van der Waals surface area contributed by atoms with E-state index >= 15 is 0 Å². The highest BCUT2D eigenvalue weighted by molar-refractivity contribution is 6.10. The first-order valence-corrected chi connectivity index (χ1v) is 18.0. The monoisotopic (exact) mass is 652 g/mol. The summed E-state index contributed by atoms with van der Waals surface area (Å²) >= 11 is 0. The van der Waals surface area contributed by atoms with Crippen molar-refractivity contribution < 1.29 is 4.42 Å². The molecule has 1 aliphatic carbocycles. The lowest BCUT2D eigenvalue weighted by Crippen LogP contribution is -2.28. The molecular weight excluding hydrogens is 617 g/mol. The summed E-state index contributed by atoms with van der Waals surface area (Å²) in [6.07, 6.45) is 0.931. The van der Waals surface area contributed by atoms with Crippen molar-refractivity contribution in [1.82, 2.24) is 0 Å². The van der Waals surface area contributed by atoms with Gasteiger partial charge in [0.2, 0.25) is 0 Å². The molecule has 0 amide bonds. The second-order valence-electron chi connectivity index (χ2n) is 14.1. The average molecular weight is 653 g/mol. The van der Waals surface area contributed by atoms with Crippen LogP contribution in [0.15, 0.2) is 186 Å². The van der Waals surface area contributed by atoms with E-state index < -0.39 is 5.41 Å². The second-order valence-corrected chi connectivity index (χ2v) is 14.1. The summed E-state index contributed by atoms with van der Waals surface area (Å²) in [5, 5.41) is 4.94. The third-order valence-electron chi connectivity index (χ3n) is 11.2. The van der Waals surface area contributed by atoms with E-state index in [0.29, 0.717) is 5.92 Å². The van der Waals surface area contributed by atoms with Crippen molar-refractivity contribution in [3.05, 3.63) is 215 Å². The Labute approximate surface area is 298 Å². The van der Waals surface area contributed by atoms with Gasteiger partial charge < -0.3 is 4.42 Å². The summed E-state index contributed by atoms with van der Waals surface area (Å²) in [5.41, 5.74) is 14.5. The van der Waals surface area contributed by atoms with Crippen LogP contribution < -0.4 is 0 Å². The van der Waals surface area contributed by atoms with Crippen molar-refractivity contribution in [3.63, 3.8) is 0 Å². The van der Waals surface area contributed by atoms with Crippen molar-refractivity contribution in [1.29, 1.82) is 0 Å². The van der Waals surface area contributed by atoms with Crippen LogP contribution in [0.2, 0.25) is 0 Å². The van der Waals surface area contributed by atoms with Crippen LogP contribution in [0.1, 0.15) is 46.2 Å².